The van der Waals surface area contributed by atoms with Gasteiger partial charge in [-0.2, -0.15) is 5.10 Å². The van der Waals surface area contributed by atoms with Crippen molar-refractivity contribution in [1.82, 2.24) is 40.0 Å². The summed E-state index contributed by atoms with van der Waals surface area (Å²) in [6.45, 7) is 0.784. The van der Waals surface area contributed by atoms with Gasteiger partial charge in [-0.15, -0.1) is 0 Å². The lowest BCUT2D eigenvalue weighted by molar-refractivity contribution is 0.402. The number of hydrogen-bond acceptors (Lipinski definition) is 7. The number of imidazole rings is 1. The minimum Gasteiger partial charge on any atom is -0.508 e. The third kappa shape index (κ3) is 3.93. The molecule has 0 aliphatic rings. The van der Waals surface area contributed by atoms with E-state index >= 15 is 0 Å². The third-order valence-corrected chi connectivity index (χ3v) is 5.83. The van der Waals surface area contributed by atoms with Crippen molar-refractivity contribution in [3.05, 3.63) is 72.6 Å². The maximum atomic E-state index is 13.9. The van der Waals surface area contributed by atoms with Crippen molar-refractivity contribution in [3.8, 4) is 39.7 Å². The molecule has 178 valence electrons. The van der Waals surface area contributed by atoms with Crippen LogP contribution in [-0.4, -0.2) is 59.2 Å². The van der Waals surface area contributed by atoms with Gasteiger partial charge in [0.15, 0.2) is 11.5 Å². The number of halogens is 1. The van der Waals surface area contributed by atoms with Gasteiger partial charge in [0.25, 0.3) is 0 Å². The average molecular weight is 481 g/mol. The highest BCUT2D eigenvalue weighted by Crippen LogP contribution is 2.32. The molecule has 0 spiro atoms. The van der Waals surface area contributed by atoms with Crippen LogP contribution in [0.2, 0.25) is 0 Å². The summed E-state index contributed by atoms with van der Waals surface area (Å²) >= 11 is 0. The summed E-state index contributed by atoms with van der Waals surface area (Å²) in [7, 11) is 4.03. The molecular weight excluding hydrogens is 459 g/mol. The van der Waals surface area contributed by atoms with Crippen molar-refractivity contribution < 1.29 is 9.50 Å². The number of nitrogens with one attached hydrogen (secondary N) is 2. The van der Waals surface area contributed by atoms with E-state index in [2.05, 4.69) is 41.1 Å². The Hall–Kier alpha value is -4.70. The summed E-state index contributed by atoms with van der Waals surface area (Å²) in [5.74, 6) is -0.190. The monoisotopic (exact) mass is 480 g/mol. The standard InChI is InChI=1S/C26H21FN8O/c1-35(2)13-14-5-16(11-28-10-14)17-8-20-23(33-34-25(20)30-12-17)26-31-21-3-4-29-22(24(21)32-26)15-6-18(27)9-19(36)7-15/h3-12,36H,13H2,1-2H3,(H,31,32)(H,30,33,34). The largest absolute Gasteiger partial charge is 0.508 e. The SMILES string of the molecule is CN(C)Cc1cncc(-c2cnc3n[nH]c(-c4nc5c(-c6cc(O)cc(F)c6)nccc5[nH]4)c3c2)c1. The van der Waals surface area contributed by atoms with Gasteiger partial charge in [-0.1, -0.05) is 0 Å². The van der Waals surface area contributed by atoms with Gasteiger partial charge in [0.1, 0.15) is 22.8 Å². The maximum absolute atomic E-state index is 13.9. The number of hydrogen-bond donors (Lipinski definition) is 3. The predicted molar refractivity (Wildman–Crippen MR) is 134 cm³/mol. The maximum Gasteiger partial charge on any atom is 0.181 e. The molecule has 1 aromatic carbocycles. The van der Waals surface area contributed by atoms with Crippen molar-refractivity contribution in [2.24, 2.45) is 0 Å². The Labute approximate surface area is 204 Å². The fourth-order valence-electron chi connectivity index (χ4n) is 4.31. The van der Waals surface area contributed by atoms with Gasteiger partial charge >= 0.3 is 0 Å². The minimum atomic E-state index is -0.554. The lowest BCUT2D eigenvalue weighted by atomic mass is 10.1. The van der Waals surface area contributed by atoms with E-state index in [1.54, 1.807) is 18.5 Å². The zero-order valence-corrected chi connectivity index (χ0v) is 19.5. The van der Waals surface area contributed by atoms with E-state index in [0.717, 1.165) is 34.7 Å². The lowest BCUT2D eigenvalue weighted by Gasteiger charge is -2.10. The summed E-state index contributed by atoms with van der Waals surface area (Å²) in [5, 5.41) is 18.0. The molecule has 0 saturated carbocycles. The Balaban J connectivity index is 1.45. The second-order valence-electron chi connectivity index (χ2n) is 8.85. The van der Waals surface area contributed by atoms with Crippen LogP contribution in [0.1, 0.15) is 5.56 Å². The zero-order valence-electron chi connectivity index (χ0n) is 19.5. The quantitative estimate of drug-likeness (QED) is 0.332. The van der Waals surface area contributed by atoms with E-state index in [1.807, 2.05) is 32.6 Å². The number of fused-ring (bicyclic) bond motifs is 2. The number of benzene rings is 1. The van der Waals surface area contributed by atoms with Gasteiger partial charge < -0.3 is 15.0 Å². The first-order chi connectivity index (χ1) is 17.4. The number of pyridine rings is 3. The molecule has 0 unspecified atom stereocenters. The molecule has 5 heterocycles. The summed E-state index contributed by atoms with van der Waals surface area (Å²) in [4.78, 5) is 23.4. The van der Waals surface area contributed by atoms with E-state index in [9.17, 15) is 9.50 Å². The van der Waals surface area contributed by atoms with Crippen molar-refractivity contribution in [1.29, 1.82) is 0 Å². The summed E-state index contributed by atoms with van der Waals surface area (Å²) in [6, 6.07) is 9.72. The van der Waals surface area contributed by atoms with Crippen LogP contribution in [0.5, 0.6) is 5.75 Å². The Kier molecular flexibility index (Phi) is 5.15. The van der Waals surface area contributed by atoms with Gasteiger partial charge in [0.2, 0.25) is 0 Å². The van der Waals surface area contributed by atoms with Gasteiger partial charge in [-0.3, -0.25) is 15.1 Å². The number of aromatic amines is 2. The topological polar surface area (TPSA) is 120 Å². The molecule has 0 radical (unpaired) electrons. The number of rotatable bonds is 5. The predicted octanol–water partition coefficient (Wildman–Crippen LogP) is 4.53. The normalized spacial score (nSPS) is 11.7. The van der Waals surface area contributed by atoms with Crippen LogP contribution < -0.4 is 0 Å². The van der Waals surface area contributed by atoms with Gasteiger partial charge in [-0.05, 0) is 50.0 Å². The number of aromatic nitrogens is 7. The summed E-state index contributed by atoms with van der Waals surface area (Å²) in [6.07, 6.45) is 7.06. The van der Waals surface area contributed by atoms with Crippen LogP contribution in [0, 0.1) is 5.82 Å². The van der Waals surface area contributed by atoms with E-state index in [1.165, 1.54) is 12.1 Å². The highest BCUT2D eigenvalue weighted by molar-refractivity contribution is 5.96. The van der Waals surface area contributed by atoms with E-state index < -0.39 is 5.82 Å². The van der Waals surface area contributed by atoms with Crippen LogP contribution >= 0.6 is 0 Å². The minimum absolute atomic E-state index is 0.179. The molecule has 5 aromatic heterocycles. The molecule has 10 heteroatoms. The van der Waals surface area contributed by atoms with Crippen molar-refractivity contribution in [2.45, 2.75) is 6.54 Å². The third-order valence-electron chi connectivity index (χ3n) is 5.83. The second-order valence-corrected chi connectivity index (χ2v) is 8.85. The fourth-order valence-corrected chi connectivity index (χ4v) is 4.31. The molecule has 6 aromatic rings. The molecular formula is C26H21FN8O. The lowest BCUT2D eigenvalue weighted by Crippen LogP contribution is -2.10. The number of phenolic OH excluding ortho intramolecular Hbond substituents is 1. The second kappa shape index (κ2) is 8.51. The Morgan fingerprint density at radius 1 is 0.972 bits per heavy atom. The molecule has 36 heavy (non-hydrogen) atoms. The molecule has 0 amide bonds. The highest BCUT2D eigenvalue weighted by Gasteiger charge is 2.17. The fraction of sp³-hybridized carbons (Fsp3) is 0.115. The van der Waals surface area contributed by atoms with Gasteiger partial charge in [0.05, 0.1) is 16.6 Å². The van der Waals surface area contributed by atoms with E-state index in [0.29, 0.717) is 39.5 Å². The number of H-pyrrole nitrogens is 2. The van der Waals surface area contributed by atoms with Crippen molar-refractivity contribution >= 4 is 22.1 Å². The van der Waals surface area contributed by atoms with E-state index in [4.69, 9.17) is 4.98 Å². The highest BCUT2D eigenvalue weighted by atomic mass is 19.1. The first kappa shape index (κ1) is 21.8. The molecule has 9 nitrogen and oxygen atoms in total. The first-order valence-corrected chi connectivity index (χ1v) is 11.2. The van der Waals surface area contributed by atoms with Crippen LogP contribution in [-0.2, 0) is 6.54 Å². The Morgan fingerprint density at radius 2 is 1.83 bits per heavy atom. The number of aromatic hydroxyl groups is 1. The van der Waals surface area contributed by atoms with Crippen LogP contribution in [0.3, 0.4) is 0 Å². The van der Waals surface area contributed by atoms with Crippen LogP contribution in [0.25, 0.3) is 56.0 Å². The van der Waals surface area contributed by atoms with Crippen molar-refractivity contribution in [2.75, 3.05) is 14.1 Å². The molecule has 0 atom stereocenters. The number of nitrogens with zero attached hydrogens (tertiary/aromatic N) is 6. The Bertz CT molecular complexity index is 1720. The molecule has 6 rings (SSSR count). The molecule has 0 saturated heterocycles. The average Bonchev–Trinajstić information content (AvgIpc) is 3.46. The first-order valence-electron chi connectivity index (χ1n) is 11.2. The summed E-state index contributed by atoms with van der Waals surface area (Å²) in [5.41, 5.74) is 6.34. The molecule has 0 bridgehead atoms. The van der Waals surface area contributed by atoms with Crippen molar-refractivity contribution in [3.63, 3.8) is 0 Å². The molecule has 0 aliphatic carbocycles. The van der Waals surface area contributed by atoms with Crippen LogP contribution in [0.4, 0.5) is 4.39 Å². The molecule has 0 fully saturated rings. The molecule has 3 N–H and O–H groups in total. The molecule has 0 aliphatic heterocycles. The zero-order chi connectivity index (χ0) is 24.8. The Morgan fingerprint density at radius 3 is 2.67 bits per heavy atom. The number of phenols is 1. The van der Waals surface area contributed by atoms with Gasteiger partial charge in [0, 0.05) is 54.1 Å². The van der Waals surface area contributed by atoms with E-state index in [-0.39, 0.29) is 5.75 Å². The smallest absolute Gasteiger partial charge is 0.181 e. The summed E-state index contributed by atoms with van der Waals surface area (Å²) < 4.78 is 13.9. The van der Waals surface area contributed by atoms with Crippen LogP contribution in [0.15, 0.2) is 61.2 Å². The van der Waals surface area contributed by atoms with Gasteiger partial charge in [-0.25, -0.2) is 14.4 Å².